The van der Waals surface area contributed by atoms with Crippen LogP contribution >= 0.6 is 0 Å². The van der Waals surface area contributed by atoms with Crippen molar-refractivity contribution in [3.63, 3.8) is 0 Å². The zero-order valence-corrected chi connectivity index (χ0v) is 11.7. The van der Waals surface area contributed by atoms with E-state index in [1.165, 1.54) is 18.7 Å². The van der Waals surface area contributed by atoms with E-state index in [2.05, 4.69) is 6.92 Å². The van der Waals surface area contributed by atoms with E-state index in [1.807, 2.05) is 24.3 Å². The van der Waals surface area contributed by atoms with Crippen molar-refractivity contribution in [2.75, 3.05) is 7.11 Å². The van der Waals surface area contributed by atoms with Crippen molar-refractivity contribution in [3.05, 3.63) is 53.6 Å². The summed E-state index contributed by atoms with van der Waals surface area (Å²) in [4.78, 5) is 0. The van der Waals surface area contributed by atoms with Crippen LogP contribution in [0.1, 0.15) is 25.3 Å². The molecule has 0 spiro atoms. The van der Waals surface area contributed by atoms with E-state index in [4.69, 9.17) is 4.74 Å². The first kappa shape index (κ1) is 14.5. The van der Waals surface area contributed by atoms with Crippen molar-refractivity contribution in [3.8, 4) is 16.9 Å². The fourth-order valence-electron chi connectivity index (χ4n) is 2.19. The van der Waals surface area contributed by atoms with E-state index in [-0.39, 0.29) is 5.75 Å². The first-order chi connectivity index (χ1) is 9.67. The molecule has 20 heavy (non-hydrogen) atoms. The molecule has 2 aromatic carbocycles. The van der Waals surface area contributed by atoms with E-state index in [1.54, 1.807) is 0 Å². The van der Waals surface area contributed by atoms with Crippen molar-refractivity contribution in [1.29, 1.82) is 0 Å². The Bertz CT molecular complexity index is 576. The van der Waals surface area contributed by atoms with Gasteiger partial charge in [-0.25, -0.2) is 4.39 Å². The van der Waals surface area contributed by atoms with Crippen LogP contribution in [0.15, 0.2) is 36.4 Å². The Kier molecular flexibility index (Phi) is 4.72. The summed E-state index contributed by atoms with van der Waals surface area (Å²) >= 11 is 0. The maximum atomic E-state index is 13.7. The Labute approximate surface area is 118 Å². The lowest BCUT2D eigenvalue weighted by atomic mass is 10.0. The average Bonchev–Trinajstić information content (AvgIpc) is 2.48. The summed E-state index contributed by atoms with van der Waals surface area (Å²) in [7, 11) is 1.34. The van der Waals surface area contributed by atoms with E-state index < -0.39 is 11.6 Å². The minimum atomic E-state index is -0.944. The lowest BCUT2D eigenvalue weighted by Gasteiger charge is -2.10. The highest BCUT2D eigenvalue weighted by molar-refractivity contribution is 5.71. The second kappa shape index (κ2) is 6.51. The Morgan fingerprint density at radius 3 is 2.30 bits per heavy atom. The van der Waals surface area contributed by atoms with Crippen LogP contribution < -0.4 is 4.74 Å². The van der Waals surface area contributed by atoms with Gasteiger partial charge in [-0.15, -0.1) is 0 Å². The molecule has 2 aromatic rings. The predicted molar refractivity (Wildman–Crippen MR) is 77.0 cm³/mol. The summed E-state index contributed by atoms with van der Waals surface area (Å²) in [5.74, 6) is -1.89. The molecule has 0 radical (unpaired) electrons. The van der Waals surface area contributed by atoms with Gasteiger partial charge in [-0.1, -0.05) is 37.6 Å². The van der Waals surface area contributed by atoms with Gasteiger partial charge in [0, 0.05) is 5.56 Å². The number of ether oxygens (including phenoxy) is 1. The molecule has 0 N–H and O–H groups in total. The third-order valence-corrected chi connectivity index (χ3v) is 3.34. The van der Waals surface area contributed by atoms with Gasteiger partial charge < -0.3 is 4.74 Å². The number of unbranched alkanes of at least 4 members (excludes halogenated alkanes) is 1. The molecule has 0 saturated carbocycles. The maximum absolute atomic E-state index is 13.7. The number of aryl methyl sites for hydroxylation is 1. The molecule has 0 bridgehead atoms. The second-order valence-corrected chi connectivity index (χ2v) is 4.74. The normalized spacial score (nSPS) is 10.6. The number of hydrogen-bond donors (Lipinski definition) is 0. The SMILES string of the molecule is CCCCc1ccc(-c2ccc(F)c(F)c2OC)cc1. The Morgan fingerprint density at radius 2 is 1.70 bits per heavy atom. The van der Waals surface area contributed by atoms with Crippen LogP contribution in [0.2, 0.25) is 0 Å². The van der Waals surface area contributed by atoms with Gasteiger partial charge in [-0.05, 0) is 36.1 Å². The molecule has 106 valence electrons. The highest BCUT2D eigenvalue weighted by Gasteiger charge is 2.15. The van der Waals surface area contributed by atoms with Crippen molar-refractivity contribution >= 4 is 0 Å². The highest BCUT2D eigenvalue weighted by Crippen LogP contribution is 2.33. The van der Waals surface area contributed by atoms with Crippen LogP contribution in [0.3, 0.4) is 0 Å². The fraction of sp³-hybridized carbons (Fsp3) is 0.294. The van der Waals surface area contributed by atoms with Crippen molar-refractivity contribution in [1.82, 2.24) is 0 Å². The van der Waals surface area contributed by atoms with Gasteiger partial charge in [0.05, 0.1) is 7.11 Å². The topological polar surface area (TPSA) is 9.23 Å². The second-order valence-electron chi connectivity index (χ2n) is 4.74. The molecular weight excluding hydrogens is 258 g/mol. The molecule has 0 aliphatic rings. The minimum Gasteiger partial charge on any atom is -0.493 e. The molecule has 0 aromatic heterocycles. The van der Waals surface area contributed by atoms with Crippen molar-refractivity contribution in [2.24, 2.45) is 0 Å². The van der Waals surface area contributed by atoms with E-state index in [0.717, 1.165) is 30.9 Å². The van der Waals surface area contributed by atoms with Crippen LogP contribution in [0.4, 0.5) is 8.78 Å². The molecule has 0 aliphatic carbocycles. The smallest absolute Gasteiger partial charge is 0.201 e. The fourth-order valence-corrected chi connectivity index (χ4v) is 2.19. The molecule has 0 atom stereocenters. The first-order valence-corrected chi connectivity index (χ1v) is 6.78. The third-order valence-electron chi connectivity index (χ3n) is 3.34. The highest BCUT2D eigenvalue weighted by atomic mass is 19.2. The first-order valence-electron chi connectivity index (χ1n) is 6.78. The summed E-state index contributed by atoms with van der Waals surface area (Å²) in [6, 6.07) is 10.5. The summed E-state index contributed by atoms with van der Waals surface area (Å²) in [6.07, 6.45) is 3.33. The van der Waals surface area contributed by atoms with Crippen LogP contribution in [0.5, 0.6) is 5.75 Å². The third kappa shape index (κ3) is 2.98. The van der Waals surface area contributed by atoms with E-state index >= 15 is 0 Å². The molecule has 2 rings (SSSR count). The van der Waals surface area contributed by atoms with Crippen LogP contribution in [0.25, 0.3) is 11.1 Å². The number of rotatable bonds is 5. The molecular formula is C17H18F2O. The van der Waals surface area contributed by atoms with Crippen molar-refractivity contribution in [2.45, 2.75) is 26.2 Å². The molecule has 0 heterocycles. The molecule has 0 saturated heterocycles. The van der Waals surface area contributed by atoms with E-state index in [9.17, 15) is 8.78 Å². The van der Waals surface area contributed by atoms with Gasteiger partial charge in [0.1, 0.15) is 0 Å². The largest absolute Gasteiger partial charge is 0.493 e. The van der Waals surface area contributed by atoms with E-state index in [0.29, 0.717) is 5.56 Å². The summed E-state index contributed by atoms with van der Waals surface area (Å²) in [5.41, 5.74) is 2.63. The van der Waals surface area contributed by atoms with Gasteiger partial charge >= 0.3 is 0 Å². The number of halogens is 2. The Morgan fingerprint density at radius 1 is 1.00 bits per heavy atom. The quantitative estimate of drug-likeness (QED) is 0.748. The summed E-state index contributed by atoms with van der Waals surface area (Å²) in [5, 5.41) is 0. The van der Waals surface area contributed by atoms with Crippen molar-refractivity contribution < 1.29 is 13.5 Å². The van der Waals surface area contributed by atoms with Gasteiger partial charge in [-0.2, -0.15) is 4.39 Å². The number of benzene rings is 2. The molecule has 1 nitrogen and oxygen atoms in total. The minimum absolute atomic E-state index is 0.0497. The molecule has 3 heteroatoms. The average molecular weight is 276 g/mol. The monoisotopic (exact) mass is 276 g/mol. The standard InChI is InChI=1S/C17H18F2O/c1-3-4-5-12-6-8-13(9-7-12)14-10-11-15(18)16(19)17(14)20-2/h6-11H,3-5H2,1-2H3. The van der Waals surface area contributed by atoms with Gasteiger partial charge in [-0.3, -0.25) is 0 Å². The van der Waals surface area contributed by atoms with Crippen LogP contribution in [-0.4, -0.2) is 7.11 Å². The Hall–Kier alpha value is -1.90. The lowest BCUT2D eigenvalue weighted by molar-refractivity contribution is 0.373. The van der Waals surface area contributed by atoms with Gasteiger partial charge in [0.25, 0.3) is 0 Å². The van der Waals surface area contributed by atoms with Gasteiger partial charge in [0.15, 0.2) is 11.6 Å². The molecule has 0 amide bonds. The predicted octanol–water partition coefficient (Wildman–Crippen LogP) is 4.98. The summed E-state index contributed by atoms with van der Waals surface area (Å²) in [6.45, 7) is 2.15. The summed E-state index contributed by atoms with van der Waals surface area (Å²) < 4.78 is 31.9. The van der Waals surface area contributed by atoms with Crippen LogP contribution in [-0.2, 0) is 6.42 Å². The number of methoxy groups -OCH3 is 1. The molecule has 0 aliphatic heterocycles. The maximum Gasteiger partial charge on any atom is 0.201 e. The molecule has 0 unspecified atom stereocenters. The number of hydrogen-bond acceptors (Lipinski definition) is 1. The molecule has 0 fully saturated rings. The zero-order valence-electron chi connectivity index (χ0n) is 11.7. The Balaban J connectivity index is 2.34. The lowest BCUT2D eigenvalue weighted by Crippen LogP contribution is -1.95. The zero-order chi connectivity index (χ0) is 14.5. The van der Waals surface area contributed by atoms with Crippen LogP contribution in [0, 0.1) is 11.6 Å². The van der Waals surface area contributed by atoms with Gasteiger partial charge in [0.2, 0.25) is 5.82 Å².